The molecule has 34 heavy (non-hydrogen) atoms. The lowest BCUT2D eigenvalue weighted by Gasteiger charge is -2.25. The average Bonchev–Trinajstić information content (AvgIpc) is 2.82. The number of hydrogen-bond donors (Lipinski definition) is 2. The maximum atomic E-state index is 14.0. The summed E-state index contributed by atoms with van der Waals surface area (Å²) in [6.07, 6.45) is 0. The lowest BCUT2D eigenvalue weighted by atomic mass is 10.1. The zero-order chi connectivity index (χ0) is 24.2. The first kappa shape index (κ1) is 22.9. The number of nitrogens with zero attached hydrogens (tertiary/aromatic N) is 3. The summed E-state index contributed by atoms with van der Waals surface area (Å²) in [5, 5.41) is 0.652. The predicted molar refractivity (Wildman–Crippen MR) is 131 cm³/mol. The van der Waals surface area contributed by atoms with Crippen LogP contribution in [0.2, 0.25) is 0 Å². The number of pyridine rings is 1. The normalized spacial score (nSPS) is 11.0. The van der Waals surface area contributed by atoms with Gasteiger partial charge in [0, 0.05) is 18.2 Å². The number of nitrogens with one attached hydrogen (secondary N) is 1. The number of hydrogen-bond acceptors (Lipinski definition) is 6. The number of H-pyrrole nitrogens is 1. The van der Waals surface area contributed by atoms with Gasteiger partial charge in [-0.3, -0.25) is 29.0 Å². The van der Waals surface area contributed by atoms with Crippen LogP contribution in [0, 0.1) is 6.92 Å². The van der Waals surface area contributed by atoms with Crippen molar-refractivity contribution in [3.05, 3.63) is 98.3 Å². The van der Waals surface area contributed by atoms with Gasteiger partial charge in [0.15, 0.2) is 5.69 Å². The Balaban J connectivity index is 1.93. The smallest absolute Gasteiger partial charge is 0.330 e. The molecule has 0 saturated heterocycles. The molecule has 9 nitrogen and oxygen atoms in total. The molecule has 0 fully saturated rings. The van der Waals surface area contributed by atoms with Crippen molar-refractivity contribution in [1.82, 2.24) is 14.5 Å². The van der Waals surface area contributed by atoms with Crippen molar-refractivity contribution in [2.45, 2.75) is 20.0 Å². The molecule has 0 spiro atoms. The summed E-state index contributed by atoms with van der Waals surface area (Å²) in [7, 11) is 1.50. The molecule has 0 aliphatic rings. The number of para-hydroxylation sites is 1. The molecule has 2 heterocycles. The average molecular weight is 460 g/mol. The highest BCUT2D eigenvalue weighted by molar-refractivity contribution is 6.14. The van der Waals surface area contributed by atoms with Crippen LogP contribution in [0.15, 0.2) is 70.3 Å². The zero-order valence-corrected chi connectivity index (χ0v) is 18.9. The van der Waals surface area contributed by atoms with Crippen LogP contribution in [0.25, 0.3) is 10.9 Å². The molecule has 4 rings (SSSR count). The minimum atomic E-state index is -0.740. The Morgan fingerprint density at radius 2 is 1.82 bits per heavy atom. The van der Waals surface area contributed by atoms with Crippen molar-refractivity contribution in [2.24, 2.45) is 0 Å². The number of aryl methyl sites for hydroxylation is 1. The number of rotatable bonds is 7. The van der Waals surface area contributed by atoms with E-state index in [2.05, 4.69) is 9.97 Å². The van der Waals surface area contributed by atoms with Crippen LogP contribution >= 0.6 is 0 Å². The van der Waals surface area contributed by atoms with Crippen LogP contribution in [-0.2, 0) is 17.8 Å². The van der Waals surface area contributed by atoms with Gasteiger partial charge in [-0.25, -0.2) is 4.79 Å². The van der Waals surface area contributed by atoms with Gasteiger partial charge in [-0.15, -0.1) is 0 Å². The molecule has 0 radical (unpaired) electrons. The van der Waals surface area contributed by atoms with Gasteiger partial charge in [-0.1, -0.05) is 48.5 Å². The first-order valence-electron chi connectivity index (χ1n) is 10.7. The number of benzene rings is 2. The van der Waals surface area contributed by atoms with Crippen LogP contribution in [0.3, 0.4) is 0 Å². The fourth-order valence-electron chi connectivity index (χ4n) is 3.89. The topological polar surface area (TPSA) is 123 Å². The predicted octanol–water partition coefficient (Wildman–Crippen LogP) is 2.47. The molecule has 1 amide bonds. The lowest BCUT2D eigenvalue weighted by molar-refractivity contribution is 0.0986. The number of anilines is 2. The molecule has 0 atom stereocenters. The fourth-order valence-corrected chi connectivity index (χ4v) is 3.89. The van der Waals surface area contributed by atoms with E-state index in [4.69, 9.17) is 10.5 Å². The van der Waals surface area contributed by atoms with E-state index in [1.54, 1.807) is 13.0 Å². The van der Waals surface area contributed by atoms with Crippen LogP contribution in [0.4, 0.5) is 11.5 Å². The summed E-state index contributed by atoms with van der Waals surface area (Å²) in [6.45, 7) is 2.20. The molecule has 9 heteroatoms. The van der Waals surface area contributed by atoms with Crippen molar-refractivity contribution in [2.75, 3.05) is 24.4 Å². The molecular weight excluding hydrogens is 434 g/mol. The molecule has 3 N–H and O–H groups in total. The van der Waals surface area contributed by atoms with E-state index in [1.165, 1.54) is 16.6 Å². The van der Waals surface area contributed by atoms with Crippen molar-refractivity contribution in [1.29, 1.82) is 0 Å². The van der Waals surface area contributed by atoms with E-state index in [0.717, 1.165) is 5.56 Å². The molecule has 2 aromatic carbocycles. The van der Waals surface area contributed by atoms with Gasteiger partial charge in [0.1, 0.15) is 5.82 Å². The Kier molecular flexibility index (Phi) is 6.55. The molecule has 0 bridgehead atoms. The minimum Gasteiger partial charge on any atom is -0.383 e. The summed E-state index contributed by atoms with van der Waals surface area (Å²) in [5.74, 6) is -0.537. The van der Waals surface area contributed by atoms with Crippen LogP contribution in [0.1, 0.15) is 21.6 Å². The van der Waals surface area contributed by atoms with Crippen LogP contribution in [-0.4, -0.2) is 34.2 Å². The van der Waals surface area contributed by atoms with E-state index in [1.807, 2.05) is 54.6 Å². The Bertz CT molecular complexity index is 1460. The van der Waals surface area contributed by atoms with Crippen LogP contribution in [0.5, 0.6) is 0 Å². The number of aromatic nitrogens is 3. The molecule has 0 unspecified atom stereocenters. The molecule has 174 valence electrons. The number of carbonyl (C=O) groups excluding carboxylic acids is 1. The Morgan fingerprint density at radius 3 is 2.56 bits per heavy atom. The van der Waals surface area contributed by atoms with Crippen molar-refractivity contribution < 1.29 is 9.53 Å². The van der Waals surface area contributed by atoms with E-state index < -0.39 is 17.2 Å². The molecule has 0 saturated carbocycles. The second-order valence-corrected chi connectivity index (χ2v) is 7.84. The fraction of sp³-hybridized carbons (Fsp3) is 0.200. The van der Waals surface area contributed by atoms with E-state index in [0.29, 0.717) is 22.2 Å². The number of amides is 1. The second-order valence-electron chi connectivity index (χ2n) is 7.84. The van der Waals surface area contributed by atoms with E-state index in [9.17, 15) is 14.4 Å². The van der Waals surface area contributed by atoms with E-state index in [-0.39, 0.29) is 31.2 Å². The third kappa shape index (κ3) is 4.46. The van der Waals surface area contributed by atoms with Crippen molar-refractivity contribution in [3.8, 4) is 0 Å². The zero-order valence-electron chi connectivity index (χ0n) is 18.9. The molecule has 2 aromatic heterocycles. The van der Waals surface area contributed by atoms with Crippen molar-refractivity contribution in [3.63, 3.8) is 0 Å². The third-order valence-corrected chi connectivity index (χ3v) is 5.51. The first-order valence-corrected chi connectivity index (χ1v) is 10.7. The summed E-state index contributed by atoms with van der Waals surface area (Å²) in [6, 6.07) is 18.2. The quantitative estimate of drug-likeness (QED) is 0.438. The highest BCUT2D eigenvalue weighted by Crippen LogP contribution is 2.26. The number of aromatic amines is 1. The number of carbonyl (C=O) groups is 1. The second kappa shape index (κ2) is 9.72. The van der Waals surface area contributed by atoms with Gasteiger partial charge in [-0.05, 0) is 24.6 Å². The maximum Gasteiger partial charge on any atom is 0.330 e. The Hall–Kier alpha value is -4.24. The first-order chi connectivity index (χ1) is 16.4. The summed E-state index contributed by atoms with van der Waals surface area (Å²) >= 11 is 0. The molecular formula is C25H25N5O4. The van der Waals surface area contributed by atoms with Gasteiger partial charge in [0.2, 0.25) is 0 Å². The molecule has 4 aromatic rings. The highest BCUT2D eigenvalue weighted by Gasteiger charge is 2.27. The molecule has 0 aliphatic heterocycles. The third-order valence-electron chi connectivity index (χ3n) is 5.51. The molecule has 0 aliphatic carbocycles. The maximum absolute atomic E-state index is 14.0. The number of fused-ring (bicyclic) bond motifs is 1. The minimum absolute atomic E-state index is 0.0745. The van der Waals surface area contributed by atoms with Crippen LogP contribution < -0.4 is 21.9 Å². The SMILES string of the molecule is COCCn1c(N)c(N(Cc2ccccc2)C(=O)c2cc(C)nc3ccccc23)c(=O)[nH]c1=O. The van der Waals surface area contributed by atoms with Gasteiger partial charge in [0.25, 0.3) is 11.5 Å². The van der Waals surface area contributed by atoms with Gasteiger partial charge in [-0.2, -0.15) is 0 Å². The van der Waals surface area contributed by atoms with Gasteiger partial charge < -0.3 is 10.5 Å². The highest BCUT2D eigenvalue weighted by atomic mass is 16.5. The lowest BCUT2D eigenvalue weighted by Crippen LogP contribution is -2.41. The monoisotopic (exact) mass is 459 g/mol. The Morgan fingerprint density at radius 1 is 1.12 bits per heavy atom. The summed E-state index contributed by atoms with van der Waals surface area (Å²) < 4.78 is 6.26. The number of ether oxygens (including phenoxy) is 1. The largest absolute Gasteiger partial charge is 0.383 e. The van der Waals surface area contributed by atoms with E-state index >= 15 is 0 Å². The Labute approximate surface area is 195 Å². The standard InChI is InChI=1S/C25H25N5O4/c1-16-14-19(18-10-6-7-11-20(18)27-16)24(32)30(15-17-8-4-3-5-9-17)21-22(26)29(12-13-34-2)25(33)28-23(21)31/h3-11,14H,12-13,15,26H2,1-2H3,(H,28,31,33). The number of methoxy groups -OCH3 is 1. The van der Waals surface area contributed by atoms with Gasteiger partial charge >= 0.3 is 5.69 Å². The number of nitrogen functional groups attached to an aromatic ring is 1. The summed E-state index contributed by atoms with van der Waals surface area (Å²) in [5.41, 5.74) is 7.32. The number of nitrogens with two attached hydrogens (primary N) is 1. The van der Waals surface area contributed by atoms with Gasteiger partial charge in [0.05, 0.1) is 30.8 Å². The van der Waals surface area contributed by atoms with Crippen molar-refractivity contribution >= 4 is 28.3 Å². The summed E-state index contributed by atoms with van der Waals surface area (Å²) in [4.78, 5) is 47.5.